The van der Waals surface area contributed by atoms with Crippen molar-refractivity contribution in [2.75, 3.05) is 18.5 Å². The van der Waals surface area contributed by atoms with Crippen LogP contribution in [0, 0.1) is 0 Å². The first-order valence-electron chi connectivity index (χ1n) is 7.04. The molecular formula is C16H16N2O4. The van der Waals surface area contributed by atoms with E-state index in [0.29, 0.717) is 41.7 Å². The maximum atomic E-state index is 12.2. The zero-order chi connectivity index (χ0) is 15.5. The van der Waals surface area contributed by atoms with Crippen molar-refractivity contribution in [3.8, 4) is 11.5 Å². The molecule has 0 atom stereocenters. The van der Waals surface area contributed by atoms with Crippen LogP contribution in [-0.4, -0.2) is 29.9 Å². The molecule has 1 aromatic heterocycles. The van der Waals surface area contributed by atoms with E-state index in [1.165, 1.54) is 19.2 Å². The molecule has 1 aliphatic heterocycles. The molecule has 0 saturated carbocycles. The Labute approximate surface area is 127 Å². The van der Waals surface area contributed by atoms with Gasteiger partial charge in [-0.05, 0) is 25.1 Å². The molecule has 0 unspecified atom stereocenters. The van der Waals surface area contributed by atoms with E-state index in [9.17, 15) is 9.59 Å². The number of nitrogens with one attached hydrogen (secondary N) is 2. The van der Waals surface area contributed by atoms with Crippen molar-refractivity contribution >= 4 is 17.4 Å². The molecule has 2 N–H and O–H groups in total. The van der Waals surface area contributed by atoms with E-state index in [1.807, 2.05) is 0 Å². The highest BCUT2D eigenvalue weighted by molar-refractivity contribution is 6.05. The molecule has 0 saturated heterocycles. The molecule has 114 valence electrons. The van der Waals surface area contributed by atoms with Crippen molar-refractivity contribution in [2.24, 2.45) is 0 Å². The highest BCUT2D eigenvalue weighted by atomic mass is 16.5. The van der Waals surface area contributed by atoms with Gasteiger partial charge in [0.15, 0.2) is 17.3 Å². The van der Waals surface area contributed by atoms with E-state index in [1.54, 1.807) is 18.2 Å². The summed E-state index contributed by atoms with van der Waals surface area (Å²) in [5, 5.41) is 2.76. The molecule has 3 rings (SSSR count). The number of hydrogen-bond acceptors (Lipinski definition) is 4. The number of carbonyl (C=O) groups is 2. The maximum Gasteiger partial charge on any atom is 0.272 e. The molecule has 0 fully saturated rings. The maximum absolute atomic E-state index is 12.2. The van der Waals surface area contributed by atoms with Crippen LogP contribution >= 0.6 is 0 Å². The average molecular weight is 300 g/mol. The Hall–Kier alpha value is -2.76. The number of ketones is 1. The lowest BCUT2D eigenvalue weighted by Crippen LogP contribution is -2.12. The third kappa shape index (κ3) is 2.95. The predicted octanol–water partition coefficient (Wildman–Crippen LogP) is 2.63. The minimum atomic E-state index is -0.318. The second kappa shape index (κ2) is 5.93. The fraction of sp³-hybridized carbons (Fsp3) is 0.250. The number of anilines is 1. The molecule has 6 nitrogen and oxygen atoms in total. The molecule has 0 radical (unpaired) electrons. The number of aromatic amines is 1. The van der Waals surface area contributed by atoms with Gasteiger partial charge < -0.3 is 19.8 Å². The largest absolute Gasteiger partial charge is 0.490 e. The van der Waals surface area contributed by atoms with Crippen LogP contribution in [0.15, 0.2) is 30.5 Å². The van der Waals surface area contributed by atoms with Gasteiger partial charge >= 0.3 is 0 Å². The number of ether oxygens (including phenoxy) is 2. The molecule has 2 aromatic rings. The lowest BCUT2D eigenvalue weighted by Gasteiger charge is -2.10. The van der Waals surface area contributed by atoms with Crippen LogP contribution in [0.5, 0.6) is 11.5 Å². The topological polar surface area (TPSA) is 80.4 Å². The summed E-state index contributed by atoms with van der Waals surface area (Å²) in [4.78, 5) is 26.2. The number of fused-ring (bicyclic) bond motifs is 1. The number of amides is 1. The van der Waals surface area contributed by atoms with Crippen molar-refractivity contribution < 1.29 is 19.1 Å². The van der Waals surface area contributed by atoms with E-state index < -0.39 is 0 Å². The quantitative estimate of drug-likeness (QED) is 0.854. The van der Waals surface area contributed by atoms with Gasteiger partial charge in [0, 0.05) is 29.9 Å². The number of rotatable bonds is 3. The molecule has 6 heteroatoms. The van der Waals surface area contributed by atoms with Gasteiger partial charge in [0.05, 0.1) is 13.2 Å². The third-order valence-corrected chi connectivity index (χ3v) is 3.34. The molecule has 0 spiro atoms. The Balaban J connectivity index is 1.76. The zero-order valence-corrected chi connectivity index (χ0v) is 12.1. The van der Waals surface area contributed by atoms with E-state index in [2.05, 4.69) is 10.3 Å². The first-order chi connectivity index (χ1) is 10.6. The highest BCUT2D eigenvalue weighted by Crippen LogP contribution is 2.32. The van der Waals surface area contributed by atoms with Gasteiger partial charge in [0.25, 0.3) is 5.91 Å². The lowest BCUT2D eigenvalue weighted by atomic mass is 10.2. The van der Waals surface area contributed by atoms with Crippen LogP contribution in [0.2, 0.25) is 0 Å². The summed E-state index contributed by atoms with van der Waals surface area (Å²) in [5.41, 5.74) is 1.41. The van der Waals surface area contributed by atoms with E-state index in [4.69, 9.17) is 9.47 Å². The van der Waals surface area contributed by atoms with Gasteiger partial charge in [0.1, 0.15) is 5.69 Å². The molecule has 0 aliphatic carbocycles. The summed E-state index contributed by atoms with van der Waals surface area (Å²) in [6, 6.07) is 6.78. The summed E-state index contributed by atoms with van der Waals surface area (Å²) in [6.07, 6.45) is 2.35. The van der Waals surface area contributed by atoms with Gasteiger partial charge in [-0.2, -0.15) is 0 Å². The molecular weight excluding hydrogens is 284 g/mol. The number of carbonyl (C=O) groups excluding carboxylic acids is 2. The van der Waals surface area contributed by atoms with Gasteiger partial charge in [0.2, 0.25) is 0 Å². The molecule has 0 bridgehead atoms. The first kappa shape index (κ1) is 14.2. The van der Waals surface area contributed by atoms with Crippen molar-refractivity contribution in [1.82, 2.24) is 4.98 Å². The fourth-order valence-corrected chi connectivity index (χ4v) is 2.17. The number of aromatic nitrogens is 1. The van der Waals surface area contributed by atoms with Crippen LogP contribution < -0.4 is 14.8 Å². The molecule has 22 heavy (non-hydrogen) atoms. The molecule has 2 heterocycles. The van der Waals surface area contributed by atoms with E-state index >= 15 is 0 Å². The number of H-pyrrole nitrogens is 1. The second-order valence-corrected chi connectivity index (χ2v) is 5.02. The Bertz CT molecular complexity index is 721. The summed E-state index contributed by atoms with van der Waals surface area (Å²) in [5.74, 6) is 0.883. The third-order valence-electron chi connectivity index (χ3n) is 3.34. The van der Waals surface area contributed by atoms with Gasteiger partial charge in [-0.3, -0.25) is 9.59 Å². The standard InChI is InChI=1S/C16H16N2O4/c1-10(19)11-7-13(17-9-11)16(20)18-12-3-4-14-15(8-12)22-6-2-5-21-14/h3-4,7-9,17H,2,5-6H2,1H3,(H,18,20). The second-order valence-electron chi connectivity index (χ2n) is 5.02. The van der Waals surface area contributed by atoms with Gasteiger partial charge in [-0.25, -0.2) is 0 Å². The zero-order valence-electron chi connectivity index (χ0n) is 12.1. The SMILES string of the molecule is CC(=O)c1c[nH]c(C(=O)Nc2ccc3c(c2)OCCCO3)c1. The lowest BCUT2D eigenvalue weighted by molar-refractivity contribution is 0.101. The summed E-state index contributed by atoms with van der Waals surface area (Å²) < 4.78 is 11.1. The summed E-state index contributed by atoms with van der Waals surface area (Å²) in [7, 11) is 0. The van der Waals surface area contributed by atoms with E-state index in [0.717, 1.165) is 6.42 Å². The predicted molar refractivity (Wildman–Crippen MR) is 80.8 cm³/mol. The van der Waals surface area contributed by atoms with Crippen LogP contribution in [-0.2, 0) is 0 Å². The molecule has 1 aliphatic rings. The van der Waals surface area contributed by atoms with Crippen molar-refractivity contribution in [1.29, 1.82) is 0 Å². The van der Waals surface area contributed by atoms with Crippen LogP contribution in [0.3, 0.4) is 0 Å². The summed E-state index contributed by atoms with van der Waals surface area (Å²) >= 11 is 0. The normalized spacial score (nSPS) is 13.3. The van der Waals surface area contributed by atoms with E-state index in [-0.39, 0.29) is 11.7 Å². The van der Waals surface area contributed by atoms with Crippen LogP contribution in [0.1, 0.15) is 34.2 Å². The van der Waals surface area contributed by atoms with Gasteiger partial charge in [-0.1, -0.05) is 0 Å². The summed E-state index contributed by atoms with van der Waals surface area (Å²) in [6.45, 7) is 2.66. The monoisotopic (exact) mass is 300 g/mol. The van der Waals surface area contributed by atoms with Gasteiger partial charge in [-0.15, -0.1) is 0 Å². The average Bonchev–Trinajstić information content (AvgIpc) is 2.88. The Morgan fingerprint density at radius 1 is 1.14 bits per heavy atom. The number of Topliss-reactive ketones (excluding diaryl/α,β-unsaturated/α-hetero) is 1. The van der Waals surface area contributed by atoms with Crippen molar-refractivity contribution in [2.45, 2.75) is 13.3 Å². The van der Waals surface area contributed by atoms with Crippen molar-refractivity contribution in [3.05, 3.63) is 41.7 Å². The van der Waals surface area contributed by atoms with Crippen molar-refractivity contribution in [3.63, 3.8) is 0 Å². The highest BCUT2D eigenvalue weighted by Gasteiger charge is 2.14. The van der Waals surface area contributed by atoms with Crippen LogP contribution in [0.25, 0.3) is 0 Å². The molecule has 1 amide bonds. The minimum absolute atomic E-state index is 0.0918. The Morgan fingerprint density at radius 2 is 1.91 bits per heavy atom. The Kier molecular flexibility index (Phi) is 3.82. The molecule has 1 aromatic carbocycles. The minimum Gasteiger partial charge on any atom is -0.490 e. The number of hydrogen-bond donors (Lipinski definition) is 2. The number of benzene rings is 1. The van der Waals surface area contributed by atoms with Crippen LogP contribution in [0.4, 0.5) is 5.69 Å². The first-order valence-corrected chi connectivity index (χ1v) is 7.04. The Morgan fingerprint density at radius 3 is 2.64 bits per heavy atom. The fourth-order valence-electron chi connectivity index (χ4n) is 2.17. The smallest absolute Gasteiger partial charge is 0.272 e.